The lowest BCUT2D eigenvalue weighted by atomic mass is 10.1. The fourth-order valence-electron chi connectivity index (χ4n) is 2.23. The van der Waals surface area contributed by atoms with Crippen LogP contribution in [0.4, 0.5) is 8.78 Å². The maximum Gasteiger partial charge on any atom is 0.129 e. The van der Waals surface area contributed by atoms with E-state index in [1.165, 1.54) is 12.1 Å². The van der Waals surface area contributed by atoms with Crippen LogP contribution in [0.5, 0.6) is 5.75 Å². The van der Waals surface area contributed by atoms with Crippen LogP contribution in [-0.4, -0.2) is 13.7 Å². The van der Waals surface area contributed by atoms with Gasteiger partial charge in [-0.25, -0.2) is 8.78 Å². The fraction of sp³-hybridized carbons (Fsp3) is 0.294. The Morgan fingerprint density at radius 2 is 1.90 bits per heavy atom. The van der Waals surface area contributed by atoms with Gasteiger partial charge in [0.1, 0.15) is 17.4 Å². The molecule has 0 radical (unpaired) electrons. The summed E-state index contributed by atoms with van der Waals surface area (Å²) in [4.78, 5) is 0. The molecule has 0 aromatic heterocycles. The topological polar surface area (TPSA) is 21.3 Å². The van der Waals surface area contributed by atoms with Crippen LogP contribution in [0.3, 0.4) is 0 Å². The molecule has 0 aliphatic heterocycles. The average molecular weight is 291 g/mol. The zero-order valence-corrected chi connectivity index (χ0v) is 12.2. The van der Waals surface area contributed by atoms with Crippen molar-refractivity contribution >= 4 is 0 Å². The van der Waals surface area contributed by atoms with E-state index in [4.69, 9.17) is 4.74 Å². The molecule has 0 atom stereocenters. The number of aryl methyl sites for hydroxylation is 1. The van der Waals surface area contributed by atoms with E-state index in [9.17, 15) is 8.78 Å². The highest BCUT2D eigenvalue weighted by Crippen LogP contribution is 2.18. The first-order chi connectivity index (χ1) is 10.1. The number of methoxy groups -OCH3 is 1. The van der Waals surface area contributed by atoms with Gasteiger partial charge in [-0.15, -0.1) is 0 Å². The SMILES string of the molecule is COc1ccc(CNCCc2ccc(F)cc2F)cc1C. The molecular weight excluding hydrogens is 272 g/mol. The van der Waals surface area contributed by atoms with E-state index in [1.807, 2.05) is 19.1 Å². The van der Waals surface area contributed by atoms with Gasteiger partial charge >= 0.3 is 0 Å². The van der Waals surface area contributed by atoms with Crippen molar-refractivity contribution in [3.05, 3.63) is 64.7 Å². The predicted molar refractivity (Wildman–Crippen MR) is 79.5 cm³/mol. The Balaban J connectivity index is 1.83. The fourth-order valence-corrected chi connectivity index (χ4v) is 2.23. The first kappa shape index (κ1) is 15.4. The van der Waals surface area contributed by atoms with E-state index in [0.717, 1.165) is 22.9 Å². The molecule has 0 saturated heterocycles. The van der Waals surface area contributed by atoms with Gasteiger partial charge in [0.15, 0.2) is 0 Å². The smallest absolute Gasteiger partial charge is 0.129 e. The van der Waals surface area contributed by atoms with Gasteiger partial charge in [0, 0.05) is 12.6 Å². The summed E-state index contributed by atoms with van der Waals surface area (Å²) in [7, 11) is 1.65. The van der Waals surface area contributed by atoms with Gasteiger partial charge in [0.2, 0.25) is 0 Å². The second kappa shape index (κ2) is 7.18. The molecule has 2 aromatic carbocycles. The summed E-state index contributed by atoms with van der Waals surface area (Å²) >= 11 is 0. The summed E-state index contributed by atoms with van der Waals surface area (Å²) in [6.07, 6.45) is 0.529. The summed E-state index contributed by atoms with van der Waals surface area (Å²) in [5, 5.41) is 3.26. The molecule has 0 amide bonds. The van der Waals surface area contributed by atoms with E-state index in [0.29, 0.717) is 25.1 Å². The van der Waals surface area contributed by atoms with Gasteiger partial charge < -0.3 is 10.1 Å². The highest BCUT2D eigenvalue weighted by molar-refractivity contribution is 5.36. The van der Waals surface area contributed by atoms with Crippen molar-refractivity contribution in [1.29, 1.82) is 0 Å². The van der Waals surface area contributed by atoms with Crippen molar-refractivity contribution in [1.82, 2.24) is 5.32 Å². The van der Waals surface area contributed by atoms with Crippen LogP contribution in [-0.2, 0) is 13.0 Å². The normalized spacial score (nSPS) is 10.7. The molecule has 0 aliphatic carbocycles. The minimum atomic E-state index is -0.544. The second-order valence-electron chi connectivity index (χ2n) is 4.97. The van der Waals surface area contributed by atoms with E-state index in [1.54, 1.807) is 7.11 Å². The van der Waals surface area contributed by atoms with Crippen LogP contribution in [0.25, 0.3) is 0 Å². The molecule has 21 heavy (non-hydrogen) atoms. The molecule has 112 valence electrons. The Morgan fingerprint density at radius 1 is 1.10 bits per heavy atom. The van der Waals surface area contributed by atoms with Crippen molar-refractivity contribution in [3.8, 4) is 5.75 Å². The zero-order chi connectivity index (χ0) is 15.2. The van der Waals surface area contributed by atoms with Crippen molar-refractivity contribution in [3.63, 3.8) is 0 Å². The lowest BCUT2D eigenvalue weighted by Gasteiger charge is -2.09. The number of hydrogen-bond donors (Lipinski definition) is 1. The van der Waals surface area contributed by atoms with Crippen molar-refractivity contribution in [2.24, 2.45) is 0 Å². The largest absolute Gasteiger partial charge is 0.496 e. The van der Waals surface area contributed by atoms with Crippen LogP contribution in [0.2, 0.25) is 0 Å². The Bertz CT molecular complexity index is 614. The van der Waals surface area contributed by atoms with E-state index < -0.39 is 11.6 Å². The van der Waals surface area contributed by atoms with Gasteiger partial charge in [0.25, 0.3) is 0 Å². The zero-order valence-electron chi connectivity index (χ0n) is 12.2. The quantitative estimate of drug-likeness (QED) is 0.821. The van der Waals surface area contributed by atoms with E-state index >= 15 is 0 Å². The molecule has 0 aliphatic rings. The van der Waals surface area contributed by atoms with Gasteiger partial charge in [-0.3, -0.25) is 0 Å². The van der Waals surface area contributed by atoms with Crippen LogP contribution >= 0.6 is 0 Å². The minimum Gasteiger partial charge on any atom is -0.496 e. The van der Waals surface area contributed by atoms with E-state index in [2.05, 4.69) is 11.4 Å². The van der Waals surface area contributed by atoms with Gasteiger partial charge in [-0.1, -0.05) is 18.2 Å². The summed E-state index contributed by atoms with van der Waals surface area (Å²) in [6.45, 7) is 3.33. The Labute approximate surface area is 123 Å². The molecule has 2 rings (SSSR count). The molecule has 4 heteroatoms. The van der Waals surface area contributed by atoms with Crippen LogP contribution in [0, 0.1) is 18.6 Å². The molecule has 0 saturated carbocycles. The monoisotopic (exact) mass is 291 g/mol. The average Bonchev–Trinajstić information content (AvgIpc) is 2.45. The number of nitrogens with one attached hydrogen (secondary N) is 1. The first-order valence-corrected chi connectivity index (χ1v) is 6.88. The van der Waals surface area contributed by atoms with Crippen molar-refractivity contribution in [2.75, 3.05) is 13.7 Å². The van der Waals surface area contributed by atoms with Crippen LogP contribution in [0.15, 0.2) is 36.4 Å². The Kier molecular flexibility index (Phi) is 5.28. The summed E-state index contributed by atoms with van der Waals surface area (Å²) in [5.74, 6) is -0.165. The molecule has 0 fully saturated rings. The third-order valence-electron chi connectivity index (χ3n) is 3.37. The number of rotatable bonds is 6. The van der Waals surface area contributed by atoms with Gasteiger partial charge in [0.05, 0.1) is 7.11 Å². The first-order valence-electron chi connectivity index (χ1n) is 6.88. The Hall–Kier alpha value is -1.94. The van der Waals surface area contributed by atoms with Crippen LogP contribution in [0.1, 0.15) is 16.7 Å². The lowest BCUT2D eigenvalue weighted by molar-refractivity contribution is 0.411. The molecule has 0 spiro atoms. The second-order valence-corrected chi connectivity index (χ2v) is 4.97. The standard InChI is InChI=1S/C17H19F2NO/c1-12-9-13(3-6-17(12)21-2)11-20-8-7-14-4-5-15(18)10-16(14)19/h3-6,9-10,20H,7-8,11H2,1-2H3. The molecule has 0 unspecified atom stereocenters. The number of hydrogen-bond acceptors (Lipinski definition) is 2. The highest BCUT2D eigenvalue weighted by Gasteiger charge is 2.04. The maximum absolute atomic E-state index is 13.5. The molecule has 1 N–H and O–H groups in total. The lowest BCUT2D eigenvalue weighted by Crippen LogP contribution is -2.17. The summed E-state index contributed by atoms with van der Waals surface area (Å²) in [5.41, 5.74) is 2.75. The molecule has 0 bridgehead atoms. The minimum absolute atomic E-state index is 0.489. The predicted octanol–water partition coefficient (Wildman–Crippen LogP) is 3.61. The molecular formula is C17H19F2NO. The maximum atomic E-state index is 13.5. The molecule has 0 heterocycles. The summed E-state index contributed by atoms with van der Waals surface area (Å²) in [6, 6.07) is 9.69. The third-order valence-corrected chi connectivity index (χ3v) is 3.37. The third kappa shape index (κ3) is 4.26. The Morgan fingerprint density at radius 3 is 2.57 bits per heavy atom. The van der Waals surface area contributed by atoms with E-state index in [-0.39, 0.29) is 0 Å². The van der Waals surface area contributed by atoms with Crippen LogP contribution < -0.4 is 10.1 Å². The number of benzene rings is 2. The van der Waals surface area contributed by atoms with Gasteiger partial charge in [-0.05, 0) is 48.7 Å². The number of halogens is 2. The molecule has 2 nitrogen and oxygen atoms in total. The highest BCUT2D eigenvalue weighted by atomic mass is 19.1. The number of ether oxygens (including phenoxy) is 1. The van der Waals surface area contributed by atoms with Gasteiger partial charge in [-0.2, -0.15) is 0 Å². The van der Waals surface area contributed by atoms with Crippen molar-refractivity contribution < 1.29 is 13.5 Å². The summed E-state index contributed by atoms with van der Waals surface area (Å²) < 4.78 is 31.5. The van der Waals surface area contributed by atoms with Crippen molar-refractivity contribution in [2.45, 2.75) is 19.9 Å². The molecule has 2 aromatic rings.